The number of nitrogens with one attached hydrogen (secondary N) is 1. The first-order chi connectivity index (χ1) is 3.27. The van der Waals surface area contributed by atoms with Crippen LogP contribution < -0.4 is 0 Å². The summed E-state index contributed by atoms with van der Waals surface area (Å²) in [5.41, 5.74) is 0.606. The van der Waals surface area contributed by atoms with Gasteiger partial charge in [0, 0.05) is 5.71 Å². The average molecular weight is 115 g/mol. The smallest absolute Gasteiger partial charge is 0.0288 e. The van der Waals surface area contributed by atoms with Gasteiger partial charge in [-0.1, -0.05) is 0 Å². The zero-order valence-corrected chi connectivity index (χ0v) is 5.38. The molecule has 0 aliphatic heterocycles. The molecule has 0 saturated carbocycles. The van der Waals surface area contributed by atoms with Crippen LogP contribution in [0, 0.1) is 5.41 Å². The summed E-state index contributed by atoms with van der Waals surface area (Å²) in [6.45, 7) is 1.76. The highest BCUT2D eigenvalue weighted by Crippen LogP contribution is 1.91. The highest BCUT2D eigenvalue weighted by Gasteiger charge is 1.70. The third-order valence-electron chi connectivity index (χ3n) is 0.454. The number of thioether (sulfide) groups is 1. The van der Waals surface area contributed by atoms with Gasteiger partial charge in [0.15, 0.2) is 0 Å². The molecular weight excluding hydrogens is 106 g/mol. The van der Waals surface area contributed by atoms with Gasteiger partial charge in [0.05, 0.1) is 0 Å². The predicted octanol–water partition coefficient (Wildman–Crippen LogP) is 1.90. The molecule has 0 atom stereocenters. The van der Waals surface area contributed by atoms with Gasteiger partial charge in [-0.2, -0.15) is 0 Å². The van der Waals surface area contributed by atoms with Crippen LogP contribution in [-0.2, 0) is 0 Å². The highest BCUT2D eigenvalue weighted by atomic mass is 32.2. The van der Waals surface area contributed by atoms with Gasteiger partial charge in [0.2, 0.25) is 0 Å². The van der Waals surface area contributed by atoms with Gasteiger partial charge < -0.3 is 5.41 Å². The third kappa shape index (κ3) is 5.76. The van der Waals surface area contributed by atoms with Crippen molar-refractivity contribution in [1.29, 1.82) is 5.41 Å². The molecule has 7 heavy (non-hydrogen) atoms. The fourth-order valence-corrected chi connectivity index (χ4v) is 0.510. The Morgan fingerprint density at radius 2 is 2.29 bits per heavy atom. The Hall–Kier alpha value is -0.240. The molecule has 0 aromatic carbocycles. The molecule has 0 aromatic heterocycles. The zero-order chi connectivity index (χ0) is 5.70. The minimum Gasteiger partial charge on any atom is -0.306 e. The van der Waals surface area contributed by atoms with Crippen molar-refractivity contribution in [3.05, 3.63) is 11.5 Å². The first-order valence-corrected chi connectivity index (χ1v) is 3.30. The second kappa shape index (κ2) is 3.93. The number of hydrogen-bond donors (Lipinski definition) is 1. The van der Waals surface area contributed by atoms with Crippen molar-refractivity contribution >= 4 is 17.5 Å². The van der Waals surface area contributed by atoms with Crippen LogP contribution in [0.5, 0.6) is 0 Å². The summed E-state index contributed by atoms with van der Waals surface area (Å²) in [6.07, 6.45) is 3.74. The Bertz CT molecular complexity index is 86.1. The molecule has 0 aliphatic rings. The van der Waals surface area contributed by atoms with E-state index in [1.165, 1.54) is 0 Å². The predicted molar refractivity (Wildman–Crippen MR) is 36.1 cm³/mol. The summed E-state index contributed by atoms with van der Waals surface area (Å²) >= 11 is 1.61. The summed E-state index contributed by atoms with van der Waals surface area (Å²) in [7, 11) is 0. The quantitative estimate of drug-likeness (QED) is 0.546. The van der Waals surface area contributed by atoms with Gasteiger partial charge in [-0.3, -0.25) is 0 Å². The molecule has 0 bridgehead atoms. The van der Waals surface area contributed by atoms with Gasteiger partial charge in [-0.15, -0.1) is 11.8 Å². The lowest BCUT2D eigenvalue weighted by Crippen LogP contribution is -1.74. The van der Waals surface area contributed by atoms with Crippen LogP contribution in [0.1, 0.15) is 6.92 Å². The summed E-state index contributed by atoms with van der Waals surface area (Å²) in [4.78, 5) is 0. The maximum absolute atomic E-state index is 6.90. The van der Waals surface area contributed by atoms with Crippen LogP contribution in [0.3, 0.4) is 0 Å². The molecule has 0 amide bonds. The number of rotatable bonds is 2. The first kappa shape index (κ1) is 6.76. The van der Waals surface area contributed by atoms with Crippen molar-refractivity contribution in [3.8, 4) is 0 Å². The lowest BCUT2D eigenvalue weighted by Gasteiger charge is -1.77. The van der Waals surface area contributed by atoms with Crippen LogP contribution >= 0.6 is 11.8 Å². The van der Waals surface area contributed by atoms with E-state index in [9.17, 15) is 0 Å². The van der Waals surface area contributed by atoms with Crippen molar-refractivity contribution in [2.45, 2.75) is 6.92 Å². The zero-order valence-electron chi connectivity index (χ0n) is 4.56. The van der Waals surface area contributed by atoms with E-state index in [1.807, 2.05) is 11.7 Å². The van der Waals surface area contributed by atoms with E-state index in [1.54, 1.807) is 24.8 Å². The molecular formula is C5H9NS. The minimum absolute atomic E-state index is 0.606. The lowest BCUT2D eigenvalue weighted by molar-refractivity contribution is 1.50. The summed E-state index contributed by atoms with van der Waals surface area (Å²) in [5, 5.41) is 8.79. The Labute approximate surface area is 48.3 Å². The van der Waals surface area contributed by atoms with Crippen molar-refractivity contribution < 1.29 is 0 Å². The number of allylic oxidation sites excluding steroid dienone is 1. The summed E-state index contributed by atoms with van der Waals surface area (Å²) < 4.78 is 0. The fraction of sp³-hybridized carbons (Fsp3) is 0.400. The molecule has 1 N–H and O–H groups in total. The molecule has 0 rings (SSSR count). The van der Waals surface area contributed by atoms with Crippen LogP contribution in [0.25, 0.3) is 0 Å². The maximum Gasteiger partial charge on any atom is 0.0288 e. The molecule has 0 heterocycles. The summed E-state index contributed by atoms with van der Waals surface area (Å²) in [5.74, 6) is 0. The van der Waals surface area contributed by atoms with Crippen LogP contribution in [0.15, 0.2) is 11.5 Å². The van der Waals surface area contributed by atoms with E-state index in [0.717, 1.165) is 0 Å². The number of hydrogen-bond acceptors (Lipinski definition) is 2. The Morgan fingerprint density at radius 1 is 1.71 bits per heavy atom. The lowest BCUT2D eigenvalue weighted by atomic mass is 10.4. The summed E-state index contributed by atoms with van der Waals surface area (Å²) in [6, 6.07) is 0. The van der Waals surface area contributed by atoms with Crippen LogP contribution in [-0.4, -0.2) is 12.0 Å². The first-order valence-electron chi connectivity index (χ1n) is 2.02. The van der Waals surface area contributed by atoms with Crippen molar-refractivity contribution in [2.75, 3.05) is 6.26 Å². The van der Waals surface area contributed by atoms with Gasteiger partial charge in [0.1, 0.15) is 0 Å². The normalized spacial score (nSPS) is 10.0. The Morgan fingerprint density at radius 3 is 2.43 bits per heavy atom. The molecule has 0 aromatic rings. The molecule has 0 radical (unpaired) electrons. The molecule has 0 spiro atoms. The molecule has 40 valence electrons. The van der Waals surface area contributed by atoms with Gasteiger partial charge in [-0.25, -0.2) is 0 Å². The van der Waals surface area contributed by atoms with Gasteiger partial charge >= 0.3 is 0 Å². The SMILES string of the molecule is CS/C=C\C(C)=N. The van der Waals surface area contributed by atoms with Crippen LogP contribution in [0.4, 0.5) is 0 Å². The Balaban J connectivity index is 3.26. The largest absolute Gasteiger partial charge is 0.306 e. The van der Waals surface area contributed by atoms with Crippen molar-refractivity contribution in [3.63, 3.8) is 0 Å². The second-order valence-corrected chi connectivity index (χ2v) is 1.97. The molecule has 0 aliphatic carbocycles. The van der Waals surface area contributed by atoms with Gasteiger partial charge in [0.25, 0.3) is 0 Å². The van der Waals surface area contributed by atoms with E-state index in [4.69, 9.17) is 5.41 Å². The van der Waals surface area contributed by atoms with E-state index in [0.29, 0.717) is 5.71 Å². The highest BCUT2D eigenvalue weighted by molar-refractivity contribution is 8.01. The second-order valence-electron chi connectivity index (χ2n) is 1.22. The molecule has 0 unspecified atom stereocenters. The fourth-order valence-electron chi connectivity index (χ4n) is 0.170. The van der Waals surface area contributed by atoms with Crippen molar-refractivity contribution in [1.82, 2.24) is 0 Å². The standard InChI is InChI=1S/C5H9NS/c1-5(6)3-4-7-2/h3-4,6H,1-2H3/b4-3-,6-5?. The Kier molecular flexibility index (Phi) is 3.80. The maximum atomic E-state index is 6.90. The average Bonchev–Trinajstić information content (AvgIpc) is 1.61. The third-order valence-corrected chi connectivity index (χ3v) is 0.862. The van der Waals surface area contributed by atoms with Crippen LogP contribution in [0.2, 0.25) is 0 Å². The van der Waals surface area contributed by atoms with Gasteiger partial charge in [-0.05, 0) is 24.7 Å². The molecule has 0 saturated heterocycles. The molecule has 2 heteroatoms. The monoisotopic (exact) mass is 115 g/mol. The van der Waals surface area contributed by atoms with E-state index < -0.39 is 0 Å². The van der Waals surface area contributed by atoms with E-state index in [2.05, 4.69) is 0 Å². The topological polar surface area (TPSA) is 23.9 Å². The van der Waals surface area contributed by atoms with E-state index >= 15 is 0 Å². The van der Waals surface area contributed by atoms with E-state index in [-0.39, 0.29) is 0 Å². The van der Waals surface area contributed by atoms with Crippen molar-refractivity contribution in [2.24, 2.45) is 0 Å². The molecule has 0 fully saturated rings. The molecule has 1 nitrogen and oxygen atoms in total. The minimum atomic E-state index is 0.606.